The zero-order valence-corrected chi connectivity index (χ0v) is 28.6. The number of aromatic nitrogens is 4. The quantitative estimate of drug-likeness (QED) is 0.218. The molecule has 1 saturated carbocycles. The molecule has 15 heteroatoms. The molecule has 3 aliphatic rings. The second-order valence-corrected chi connectivity index (χ2v) is 13.7. The molecule has 2 aromatic heterocycles. The lowest BCUT2D eigenvalue weighted by Gasteiger charge is -2.22. The fourth-order valence-electron chi connectivity index (χ4n) is 6.90. The minimum Gasteiger partial charge on any atom is -0.497 e. The van der Waals surface area contributed by atoms with Gasteiger partial charge < -0.3 is 34.1 Å². The van der Waals surface area contributed by atoms with Gasteiger partial charge in [-0.2, -0.15) is 4.68 Å². The van der Waals surface area contributed by atoms with Gasteiger partial charge in [0.25, 0.3) is 5.88 Å². The Morgan fingerprint density at radius 1 is 1.10 bits per heavy atom. The van der Waals surface area contributed by atoms with Crippen molar-refractivity contribution in [2.24, 2.45) is 0 Å². The Morgan fingerprint density at radius 2 is 1.92 bits per heavy atom. The molecule has 2 aliphatic heterocycles. The number of benzene rings is 2. The summed E-state index contributed by atoms with van der Waals surface area (Å²) >= 11 is 0. The highest BCUT2D eigenvalue weighted by molar-refractivity contribution is 6.22. The number of nitrogens with one attached hydrogen (secondary N) is 1. The van der Waals surface area contributed by atoms with Crippen molar-refractivity contribution in [3.8, 4) is 11.6 Å². The summed E-state index contributed by atoms with van der Waals surface area (Å²) in [5, 5.41) is 23.0. The molecule has 1 spiro atoms. The highest BCUT2D eigenvalue weighted by Gasteiger charge is 2.68. The van der Waals surface area contributed by atoms with E-state index in [-0.39, 0.29) is 12.2 Å². The summed E-state index contributed by atoms with van der Waals surface area (Å²) in [5.41, 5.74) is 0.755. The predicted molar refractivity (Wildman–Crippen MR) is 181 cm³/mol. The third-order valence-electron chi connectivity index (χ3n) is 9.27. The van der Waals surface area contributed by atoms with Crippen LogP contribution >= 0.6 is 0 Å². The lowest BCUT2D eigenvalue weighted by atomic mass is 9.91. The number of methoxy groups -OCH3 is 2. The van der Waals surface area contributed by atoms with Crippen molar-refractivity contribution in [2.45, 2.75) is 76.2 Å². The summed E-state index contributed by atoms with van der Waals surface area (Å²) in [6.45, 7) is 6.87. The average Bonchev–Trinajstić information content (AvgIpc) is 3.45. The second kappa shape index (κ2) is 12.6. The molecule has 0 radical (unpaired) electrons. The van der Waals surface area contributed by atoms with Gasteiger partial charge in [0.05, 0.1) is 50.2 Å². The molecule has 4 heterocycles. The van der Waals surface area contributed by atoms with E-state index in [0.717, 1.165) is 29.7 Å². The van der Waals surface area contributed by atoms with E-state index in [2.05, 4.69) is 15.5 Å². The number of carbonyl (C=O) groups excluding carboxylic acids is 2. The molecule has 50 heavy (non-hydrogen) atoms. The van der Waals surface area contributed by atoms with E-state index < -0.39 is 29.1 Å². The molecule has 7 rings (SSSR count). The monoisotopic (exact) mass is 688 g/mol. The minimum absolute atomic E-state index is 0.210. The van der Waals surface area contributed by atoms with Crippen molar-refractivity contribution < 1.29 is 43.2 Å². The third-order valence-corrected chi connectivity index (χ3v) is 9.27. The molecular formula is C35H40N6O9. The van der Waals surface area contributed by atoms with Gasteiger partial charge in [0, 0.05) is 17.9 Å². The first kappa shape index (κ1) is 33.4. The molecule has 1 saturated heterocycles. The summed E-state index contributed by atoms with van der Waals surface area (Å²) in [6.07, 6.45) is 2.90. The van der Waals surface area contributed by atoms with E-state index in [1.54, 1.807) is 55.9 Å². The van der Waals surface area contributed by atoms with Crippen LogP contribution in [0.4, 0.5) is 26.8 Å². The molecule has 0 bridgehead atoms. The molecule has 15 nitrogen and oxygen atoms in total. The van der Waals surface area contributed by atoms with Crippen LogP contribution in [0.2, 0.25) is 0 Å². The molecule has 2 N–H and O–H groups in total. The third kappa shape index (κ3) is 5.89. The molecule has 2 fully saturated rings. The number of carbonyl (C=O) groups is 3. The maximum atomic E-state index is 13.8. The second-order valence-electron chi connectivity index (χ2n) is 13.7. The number of rotatable bonds is 9. The number of carboxylic acid groups (broad SMARTS) is 1. The van der Waals surface area contributed by atoms with Crippen LogP contribution in [0, 0.1) is 0 Å². The number of hydrogen-bond donors (Lipinski definition) is 2. The zero-order valence-electron chi connectivity index (χ0n) is 28.6. The summed E-state index contributed by atoms with van der Waals surface area (Å²) < 4.78 is 31.1. The van der Waals surface area contributed by atoms with E-state index >= 15 is 0 Å². The van der Waals surface area contributed by atoms with Crippen molar-refractivity contribution in [2.75, 3.05) is 37.7 Å². The molecule has 2 amide bonds. The molecule has 3 atom stereocenters. The molecule has 1 aliphatic carbocycles. The smallest absolute Gasteiger partial charge is 0.435 e. The Bertz CT molecular complexity index is 1970. The van der Waals surface area contributed by atoms with Gasteiger partial charge in [0.1, 0.15) is 17.0 Å². The molecule has 264 valence electrons. The summed E-state index contributed by atoms with van der Waals surface area (Å²) in [6, 6.07) is 10.5. The number of fused-ring (bicyclic) bond motifs is 3. The van der Waals surface area contributed by atoms with Gasteiger partial charge >= 0.3 is 12.2 Å². The lowest BCUT2D eigenvalue weighted by Crippen LogP contribution is -2.36. The highest BCUT2D eigenvalue weighted by atomic mass is 16.7. The number of hydrogen-bond acceptors (Lipinski definition) is 11. The van der Waals surface area contributed by atoms with Crippen molar-refractivity contribution in [1.29, 1.82) is 0 Å². The predicted octanol–water partition coefficient (Wildman–Crippen LogP) is 5.77. The van der Waals surface area contributed by atoms with E-state index in [1.807, 2.05) is 12.1 Å². The van der Waals surface area contributed by atoms with Crippen LogP contribution in [0.5, 0.6) is 11.6 Å². The first-order valence-corrected chi connectivity index (χ1v) is 16.6. The Morgan fingerprint density at radius 3 is 2.62 bits per heavy atom. The lowest BCUT2D eigenvalue weighted by molar-refractivity contribution is -0.163. The van der Waals surface area contributed by atoms with Crippen molar-refractivity contribution in [3.05, 3.63) is 53.7 Å². The zero-order chi connectivity index (χ0) is 35.4. The van der Waals surface area contributed by atoms with E-state index in [9.17, 15) is 19.5 Å². The van der Waals surface area contributed by atoms with Gasteiger partial charge in [0.15, 0.2) is 12.1 Å². The SMILES string of the molecule is COc1ccc2c(c1)[C@]1(C[C@H]1c1ccc3c(Nc4cn(CCOC5CCCCO5)nc4OC)nn(C(=O)OC(C)(C)C)c3c1)C(=O)N2C(=O)O. The van der Waals surface area contributed by atoms with Crippen LogP contribution < -0.4 is 19.7 Å². The maximum Gasteiger partial charge on any atom is 0.435 e. The van der Waals surface area contributed by atoms with Crippen molar-refractivity contribution in [1.82, 2.24) is 19.6 Å². The fraction of sp³-hybridized carbons (Fsp3) is 0.457. The van der Waals surface area contributed by atoms with Crippen LogP contribution in [0.1, 0.15) is 63.5 Å². The van der Waals surface area contributed by atoms with Crippen LogP contribution in [0.3, 0.4) is 0 Å². The highest BCUT2D eigenvalue weighted by Crippen LogP contribution is 2.67. The van der Waals surface area contributed by atoms with Gasteiger partial charge in [-0.3, -0.25) is 9.48 Å². The maximum absolute atomic E-state index is 13.8. The fourth-order valence-corrected chi connectivity index (χ4v) is 6.90. The minimum atomic E-state index is -1.34. The topological polar surface area (TPSA) is 168 Å². The molecule has 4 aromatic rings. The van der Waals surface area contributed by atoms with Gasteiger partial charge in [0.2, 0.25) is 5.91 Å². The number of amides is 2. The van der Waals surface area contributed by atoms with Gasteiger partial charge in [-0.15, -0.1) is 10.2 Å². The normalized spacial score (nSPS) is 21.4. The van der Waals surface area contributed by atoms with Crippen LogP contribution in [-0.2, 0) is 31.0 Å². The van der Waals surface area contributed by atoms with Crippen LogP contribution in [-0.4, -0.2) is 82.1 Å². The summed E-state index contributed by atoms with van der Waals surface area (Å²) in [7, 11) is 3.04. The molecule has 1 unspecified atom stereocenters. The average molecular weight is 689 g/mol. The Kier molecular flexibility index (Phi) is 8.42. The number of imide groups is 1. The van der Waals surface area contributed by atoms with Crippen LogP contribution in [0.25, 0.3) is 10.9 Å². The first-order chi connectivity index (χ1) is 23.9. The van der Waals surface area contributed by atoms with E-state index in [1.165, 1.54) is 18.9 Å². The Balaban J connectivity index is 1.21. The standard InChI is InChI=1S/C35H40N6O9/c1-34(2,3)50-33(45)41-27-16-20(24-18-35(24)23-17-21(46-4)10-12-26(23)40(31(35)42)32(43)44)9-11-22(27)29(37-41)36-25-19-39(38-30(25)47-5)13-15-49-28-8-6-7-14-48-28/h9-12,16-17,19,24,28H,6-8,13-15,18H2,1-5H3,(H,36,37)(H,43,44)/t24-,28?,35-/m0/s1. The summed E-state index contributed by atoms with van der Waals surface area (Å²) in [4.78, 5) is 40.3. The first-order valence-electron chi connectivity index (χ1n) is 16.6. The van der Waals surface area contributed by atoms with Gasteiger partial charge in [-0.1, -0.05) is 6.07 Å². The molecule has 2 aromatic carbocycles. The van der Waals surface area contributed by atoms with Crippen LogP contribution in [0.15, 0.2) is 42.6 Å². The number of ether oxygens (including phenoxy) is 5. The number of nitrogens with zero attached hydrogens (tertiary/aromatic N) is 5. The van der Waals surface area contributed by atoms with Gasteiger partial charge in [-0.05, 0) is 87.9 Å². The van der Waals surface area contributed by atoms with E-state index in [0.29, 0.717) is 71.5 Å². The summed E-state index contributed by atoms with van der Waals surface area (Å²) in [5.74, 6) is 0.339. The number of anilines is 3. The largest absolute Gasteiger partial charge is 0.497 e. The van der Waals surface area contributed by atoms with Crippen molar-refractivity contribution in [3.63, 3.8) is 0 Å². The molecular weight excluding hydrogens is 648 g/mol. The van der Waals surface area contributed by atoms with E-state index in [4.69, 9.17) is 23.7 Å². The van der Waals surface area contributed by atoms with Gasteiger partial charge in [-0.25, -0.2) is 14.5 Å². The Labute approximate surface area is 288 Å². The Hall–Kier alpha value is -5.15. The van der Waals surface area contributed by atoms with Crippen molar-refractivity contribution >= 4 is 46.2 Å².